The molecule has 0 saturated carbocycles. The second-order valence-corrected chi connectivity index (χ2v) is 12.7. The summed E-state index contributed by atoms with van der Waals surface area (Å²) in [6.07, 6.45) is 6.01. The zero-order valence-corrected chi connectivity index (χ0v) is 23.7. The molecule has 0 unspecified atom stereocenters. The van der Waals surface area contributed by atoms with Crippen LogP contribution in [0.25, 0.3) is 28.1 Å². The van der Waals surface area contributed by atoms with Gasteiger partial charge in [-0.1, -0.05) is 6.07 Å². The second-order valence-electron chi connectivity index (χ2n) is 10.4. The van der Waals surface area contributed by atoms with E-state index in [9.17, 15) is 12.8 Å². The van der Waals surface area contributed by atoms with Gasteiger partial charge in [0.05, 0.1) is 22.9 Å². The minimum absolute atomic E-state index is 0. The highest BCUT2D eigenvalue weighted by atomic mass is 32.2. The second kappa shape index (κ2) is 10.9. The van der Waals surface area contributed by atoms with Gasteiger partial charge in [-0.3, -0.25) is 4.57 Å². The van der Waals surface area contributed by atoms with Crippen LogP contribution in [0, 0.1) is 5.82 Å². The van der Waals surface area contributed by atoms with E-state index in [1.807, 2.05) is 47.8 Å². The summed E-state index contributed by atoms with van der Waals surface area (Å²) in [6, 6.07) is 13.3. The van der Waals surface area contributed by atoms with Gasteiger partial charge >= 0.3 is 0 Å². The summed E-state index contributed by atoms with van der Waals surface area (Å²) < 4.78 is 40.3. The Morgan fingerprint density at radius 3 is 2.56 bits per heavy atom. The van der Waals surface area contributed by atoms with E-state index in [0.717, 1.165) is 41.1 Å². The van der Waals surface area contributed by atoms with Crippen LogP contribution in [-0.4, -0.2) is 80.1 Å². The van der Waals surface area contributed by atoms with E-state index in [2.05, 4.69) is 34.5 Å². The summed E-state index contributed by atoms with van der Waals surface area (Å²) in [4.78, 5) is 13.9. The fourth-order valence-electron chi connectivity index (χ4n) is 5.20. The van der Waals surface area contributed by atoms with Crippen molar-refractivity contribution in [2.24, 2.45) is 0 Å². The largest absolute Gasteiger partial charge is 0.386 e. The molecular formula is C29H37FN6O2S. The van der Waals surface area contributed by atoms with Crippen LogP contribution in [0.4, 0.5) is 15.8 Å². The van der Waals surface area contributed by atoms with Crippen molar-refractivity contribution < 1.29 is 14.2 Å². The quantitative estimate of drug-likeness (QED) is 0.341. The van der Waals surface area contributed by atoms with E-state index in [0.29, 0.717) is 29.8 Å². The summed E-state index contributed by atoms with van der Waals surface area (Å²) in [6.45, 7) is 0.799. The molecule has 39 heavy (non-hydrogen) atoms. The molecule has 10 heteroatoms. The Balaban J connectivity index is 0.00000370. The van der Waals surface area contributed by atoms with Crippen LogP contribution in [0.15, 0.2) is 54.9 Å². The van der Waals surface area contributed by atoms with Crippen LogP contribution >= 0.6 is 0 Å². The highest BCUT2D eigenvalue weighted by Gasteiger charge is 2.26. The molecule has 0 atom stereocenters. The predicted octanol–water partition coefficient (Wildman–Crippen LogP) is 4.63. The van der Waals surface area contributed by atoms with E-state index in [1.165, 1.54) is 6.07 Å². The first kappa shape index (κ1) is 27.1. The van der Waals surface area contributed by atoms with Gasteiger partial charge in [-0.2, -0.15) is 0 Å². The van der Waals surface area contributed by atoms with Gasteiger partial charge in [0.2, 0.25) is 0 Å². The van der Waals surface area contributed by atoms with Gasteiger partial charge in [0.25, 0.3) is 0 Å². The molecule has 0 amide bonds. The van der Waals surface area contributed by atoms with E-state index in [1.54, 1.807) is 19.3 Å². The highest BCUT2D eigenvalue weighted by molar-refractivity contribution is 7.91. The Labute approximate surface area is 230 Å². The van der Waals surface area contributed by atoms with Crippen LogP contribution in [0.5, 0.6) is 0 Å². The number of nitrogens with one attached hydrogen (secondary N) is 1. The lowest BCUT2D eigenvalue weighted by Gasteiger charge is -2.31. The molecule has 1 aliphatic rings. The Bertz CT molecular complexity index is 1590. The van der Waals surface area contributed by atoms with Crippen molar-refractivity contribution in [3.8, 4) is 17.1 Å². The fraction of sp³-hybridized carbons (Fsp3) is 0.379. The molecule has 4 aromatic rings. The number of halogens is 1. The summed E-state index contributed by atoms with van der Waals surface area (Å²) >= 11 is 0. The van der Waals surface area contributed by atoms with Gasteiger partial charge in [-0.25, -0.2) is 22.8 Å². The number of anilines is 2. The Kier molecular flexibility index (Phi) is 7.59. The first-order valence-corrected chi connectivity index (χ1v) is 15.0. The lowest BCUT2D eigenvalue weighted by molar-refractivity contribution is 0.229. The number of likely N-dealkylation sites (N-methyl/N-ethyl adjacent to an activating group) is 1. The van der Waals surface area contributed by atoms with Gasteiger partial charge in [0, 0.05) is 70.3 Å². The number of nitrogens with zero attached hydrogens (tertiary/aromatic N) is 5. The number of aromatic nitrogens is 3. The highest BCUT2D eigenvalue weighted by Crippen LogP contribution is 2.30. The monoisotopic (exact) mass is 552 g/mol. The maximum Gasteiger partial charge on any atom is 0.150 e. The van der Waals surface area contributed by atoms with Crippen LogP contribution in [0.3, 0.4) is 0 Å². The number of sulfone groups is 1. The number of fused-ring (bicyclic) bond motifs is 1. The van der Waals surface area contributed by atoms with Crippen molar-refractivity contribution in [1.82, 2.24) is 19.4 Å². The Morgan fingerprint density at radius 1 is 1.10 bits per heavy atom. The average molecular weight is 553 g/mol. The number of hydrogen-bond acceptors (Lipinski definition) is 7. The molecule has 4 heterocycles. The fourth-order valence-corrected chi connectivity index (χ4v) is 6.66. The van der Waals surface area contributed by atoms with E-state index in [-0.39, 0.29) is 24.8 Å². The minimum atomic E-state index is -2.89. The van der Waals surface area contributed by atoms with Gasteiger partial charge < -0.3 is 15.1 Å². The van der Waals surface area contributed by atoms with Gasteiger partial charge in [-0.15, -0.1) is 0 Å². The molecule has 3 aromatic heterocycles. The van der Waals surface area contributed by atoms with Crippen molar-refractivity contribution >= 4 is 32.2 Å². The van der Waals surface area contributed by atoms with Crippen LogP contribution in [0.2, 0.25) is 0 Å². The summed E-state index contributed by atoms with van der Waals surface area (Å²) in [5.41, 5.74) is 4.73. The Morgan fingerprint density at radius 2 is 1.87 bits per heavy atom. The third kappa shape index (κ3) is 5.77. The van der Waals surface area contributed by atoms with E-state index in [4.69, 9.17) is 4.98 Å². The number of benzene rings is 1. The molecule has 0 radical (unpaired) electrons. The molecule has 1 N–H and O–H groups in total. The molecular weight excluding hydrogens is 515 g/mol. The molecule has 5 rings (SSSR count). The number of pyridine rings is 2. The first-order valence-electron chi connectivity index (χ1n) is 13.2. The van der Waals surface area contributed by atoms with E-state index >= 15 is 0 Å². The molecule has 0 bridgehead atoms. The van der Waals surface area contributed by atoms with Crippen molar-refractivity contribution in [1.29, 1.82) is 0 Å². The van der Waals surface area contributed by atoms with Gasteiger partial charge in [-0.05, 0) is 62.2 Å². The molecule has 1 aliphatic heterocycles. The van der Waals surface area contributed by atoms with Crippen molar-refractivity contribution in [3.63, 3.8) is 0 Å². The van der Waals surface area contributed by atoms with Crippen molar-refractivity contribution in [3.05, 3.63) is 66.2 Å². The normalized spacial score (nSPS) is 15.6. The zero-order valence-electron chi connectivity index (χ0n) is 22.9. The lowest BCUT2D eigenvalue weighted by Crippen LogP contribution is -2.39. The molecule has 1 aromatic carbocycles. The summed E-state index contributed by atoms with van der Waals surface area (Å²) in [5, 5.41) is 3.87. The summed E-state index contributed by atoms with van der Waals surface area (Å²) in [7, 11) is 4.86. The minimum Gasteiger partial charge on any atom is -0.386 e. The van der Waals surface area contributed by atoms with Crippen LogP contribution in [-0.2, 0) is 16.3 Å². The topological polar surface area (TPSA) is 83.4 Å². The SMILES string of the molecule is CNc1ccc(-c2ccc3c(CCN(C)C4CCS(=O)(=O)CC4)cn(-c4cc(N(C)C)ccn4)c3n2)cc1F.[HH]. The van der Waals surface area contributed by atoms with Crippen LogP contribution in [0.1, 0.15) is 19.8 Å². The van der Waals surface area contributed by atoms with Crippen molar-refractivity contribution in [2.75, 3.05) is 56.5 Å². The Hall–Kier alpha value is -3.50. The standard InChI is InChI=1S/C29H35FN6O2S.H2/c1-31-27-7-5-20(17-25(27)30)26-8-6-24-21(10-14-35(4)22-11-15-39(37,38)16-12-22)19-36(29(24)33-26)28-18-23(34(2)3)9-13-32-28;/h5-9,13,17-19,22,31H,10-12,14-16H2,1-4H3;1H. The smallest absolute Gasteiger partial charge is 0.150 e. The third-order valence-electron chi connectivity index (χ3n) is 7.64. The first-order chi connectivity index (χ1) is 18.6. The van der Waals surface area contributed by atoms with Crippen LogP contribution < -0.4 is 10.2 Å². The van der Waals surface area contributed by atoms with E-state index < -0.39 is 9.84 Å². The van der Waals surface area contributed by atoms with Gasteiger partial charge in [0.1, 0.15) is 27.1 Å². The molecule has 0 aliphatic carbocycles. The lowest BCUT2D eigenvalue weighted by atomic mass is 10.1. The number of hydrogen-bond donors (Lipinski definition) is 1. The third-order valence-corrected chi connectivity index (χ3v) is 9.36. The molecule has 208 valence electrons. The summed E-state index contributed by atoms with van der Waals surface area (Å²) in [5.74, 6) is 0.951. The molecule has 1 saturated heterocycles. The maximum atomic E-state index is 14.5. The molecule has 1 fully saturated rings. The maximum absolute atomic E-state index is 14.5. The van der Waals surface area contributed by atoms with Gasteiger partial charge in [0.15, 0.2) is 0 Å². The predicted molar refractivity (Wildman–Crippen MR) is 158 cm³/mol. The number of rotatable bonds is 8. The molecule has 0 spiro atoms. The molecule has 8 nitrogen and oxygen atoms in total. The van der Waals surface area contributed by atoms with Crippen molar-refractivity contribution in [2.45, 2.75) is 25.3 Å². The average Bonchev–Trinajstić information content (AvgIpc) is 3.29. The zero-order chi connectivity index (χ0) is 27.7.